The molecular formula is C17H23N3. The van der Waals surface area contributed by atoms with Gasteiger partial charge in [-0.3, -0.25) is 0 Å². The average Bonchev–Trinajstić information content (AvgIpc) is 2.38. The topological polar surface area (TPSA) is 37.8 Å². The van der Waals surface area contributed by atoms with Crippen LogP contribution in [-0.2, 0) is 13.0 Å². The number of nitrogens with zero attached hydrogens (tertiary/aromatic N) is 2. The molecule has 106 valence electrons. The third-order valence-corrected chi connectivity index (χ3v) is 3.36. The maximum atomic E-state index is 4.66. The van der Waals surface area contributed by atoms with Crippen LogP contribution in [0.15, 0.2) is 30.3 Å². The van der Waals surface area contributed by atoms with Crippen molar-refractivity contribution >= 4 is 0 Å². The van der Waals surface area contributed by atoms with Crippen molar-refractivity contribution in [2.24, 2.45) is 0 Å². The second kappa shape index (κ2) is 6.62. The van der Waals surface area contributed by atoms with Crippen molar-refractivity contribution in [1.29, 1.82) is 0 Å². The Hall–Kier alpha value is -1.74. The van der Waals surface area contributed by atoms with Gasteiger partial charge in [0.2, 0.25) is 0 Å². The lowest BCUT2D eigenvalue weighted by atomic mass is 10.1. The highest BCUT2D eigenvalue weighted by atomic mass is 14.9. The second-order valence-corrected chi connectivity index (χ2v) is 5.49. The van der Waals surface area contributed by atoms with Crippen LogP contribution in [0, 0.1) is 13.8 Å². The van der Waals surface area contributed by atoms with Crippen molar-refractivity contribution in [3.63, 3.8) is 0 Å². The van der Waals surface area contributed by atoms with Crippen LogP contribution >= 0.6 is 0 Å². The minimum absolute atomic E-state index is 0.470. The van der Waals surface area contributed by atoms with Gasteiger partial charge in [-0.15, -0.1) is 0 Å². The molecular weight excluding hydrogens is 246 g/mol. The molecule has 3 nitrogen and oxygen atoms in total. The molecule has 0 amide bonds. The third-order valence-electron chi connectivity index (χ3n) is 3.36. The van der Waals surface area contributed by atoms with Crippen LogP contribution < -0.4 is 5.32 Å². The van der Waals surface area contributed by atoms with Crippen LogP contribution in [0.3, 0.4) is 0 Å². The maximum absolute atomic E-state index is 4.66. The van der Waals surface area contributed by atoms with Gasteiger partial charge in [0.05, 0.1) is 0 Å². The monoisotopic (exact) mass is 269 g/mol. The molecule has 3 heteroatoms. The Morgan fingerprint density at radius 1 is 1.00 bits per heavy atom. The molecule has 0 aliphatic carbocycles. The second-order valence-electron chi connectivity index (χ2n) is 5.49. The molecule has 0 aliphatic rings. The van der Waals surface area contributed by atoms with Gasteiger partial charge in [0, 0.05) is 36.0 Å². The van der Waals surface area contributed by atoms with Crippen molar-refractivity contribution in [1.82, 2.24) is 15.3 Å². The number of hydrogen-bond donors (Lipinski definition) is 1. The highest BCUT2D eigenvalue weighted by molar-refractivity contribution is 5.26. The molecule has 0 atom stereocenters. The van der Waals surface area contributed by atoms with E-state index >= 15 is 0 Å². The van der Waals surface area contributed by atoms with E-state index in [1.165, 1.54) is 11.1 Å². The summed E-state index contributed by atoms with van der Waals surface area (Å²) in [5, 5.41) is 3.43. The number of aryl methyl sites for hydroxylation is 2. The van der Waals surface area contributed by atoms with E-state index < -0.39 is 0 Å². The summed E-state index contributed by atoms with van der Waals surface area (Å²) in [6.07, 6.45) is 0.792. The van der Waals surface area contributed by atoms with E-state index in [4.69, 9.17) is 0 Å². The summed E-state index contributed by atoms with van der Waals surface area (Å²) < 4.78 is 0. The minimum atomic E-state index is 0.470. The molecule has 0 unspecified atom stereocenters. The highest BCUT2D eigenvalue weighted by Crippen LogP contribution is 2.13. The fraction of sp³-hybridized carbons (Fsp3) is 0.412. The van der Waals surface area contributed by atoms with E-state index in [-0.39, 0.29) is 0 Å². The Morgan fingerprint density at radius 3 is 2.15 bits per heavy atom. The summed E-state index contributed by atoms with van der Waals surface area (Å²) in [4.78, 5) is 9.31. The fourth-order valence-electron chi connectivity index (χ4n) is 2.23. The Bertz CT molecular complexity index is 539. The smallest absolute Gasteiger partial charge is 0.133 e. The van der Waals surface area contributed by atoms with E-state index in [1.54, 1.807) is 0 Å². The first-order valence-corrected chi connectivity index (χ1v) is 7.16. The van der Waals surface area contributed by atoms with Gasteiger partial charge in [0.15, 0.2) is 0 Å². The standard InChI is InChI=1S/C17H23N3/c1-12(2)18-11-16-13(3)19-17(20-14(16)4)10-15-8-6-5-7-9-15/h5-9,12,18H,10-11H2,1-4H3. The van der Waals surface area contributed by atoms with Crippen LogP contribution in [0.25, 0.3) is 0 Å². The van der Waals surface area contributed by atoms with Crippen LogP contribution in [0.2, 0.25) is 0 Å². The molecule has 0 saturated carbocycles. The molecule has 20 heavy (non-hydrogen) atoms. The van der Waals surface area contributed by atoms with Gasteiger partial charge in [-0.2, -0.15) is 0 Å². The van der Waals surface area contributed by atoms with E-state index in [1.807, 2.05) is 6.07 Å². The van der Waals surface area contributed by atoms with Gasteiger partial charge in [-0.1, -0.05) is 44.2 Å². The number of aromatic nitrogens is 2. The molecule has 0 radical (unpaired) electrons. The average molecular weight is 269 g/mol. The molecule has 2 rings (SSSR count). The number of hydrogen-bond acceptors (Lipinski definition) is 3. The zero-order chi connectivity index (χ0) is 14.5. The lowest BCUT2D eigenvalue weighted by molar-refractivity contribution is 0.582. The molecule has 1 heterocycles. The predicted octanol–water partition coefficient (Wildman–Crippen LogP) is 3.18. The molecule has 1 N–H and O–H groups in total. The summed E-state index contributed by atoms with van der Waals surface area (Å²) in [7, 11) is 0. The molecule has 0 bridgehead atoms. The van der Waals surface area contributed by atoms with Crippen LogP contribution in [0.4, 0.5) is 0 Å². The fourth-order valence-corrected chi connectivity index (χ4v) is 2.23. The summed E-state index contributed by atoms with van der Waals surface area (Å²) in [6.45, 7) is 9.27. The molecule has 0 fully saturated rings. The van der Waals surface area contributed by atoms with Gasteiger partial charge < -0.3 is 5.32 Å². The summed E-state index contributed by atoms with van der Waals surface area (Å²) >= 11 is 0. The number of rotatable bonds is 5. The molecule has 0 aliphatic heterocycles. The van der Waals surface area contributed by atoms with Crippen molar-refractivity contribution < 1.29 is 0 Å². The van der Waals surface area contributed by atoms with Crippen LogP contribution in [0.1, 0.15) is 42.2 Å². The zero-order valence-corrected chi connectivity index (χ0v) is 12.8. The number of benzene rings is 1. The zero-order valence-electron chi connectivity index (χ0n) is 12.8. The first kappa shape index (κ1) is 14.7. The quantitative estimate of drug-likeness (QED) is 0.906. The van der Waals surface area contributed by atoms with Gasteiger partial charge in [-0.05, 0) is 19.4 Å². The Balaban J connectivity index is 2.17. The Morgan fingerprint density at radius 2 is 1.60 bits per heavy atom. The van der Waals surface area contributed by atoms with E-state index in [2.05, 4.69) is 67.2 Å². The first-order chi connectivity index (χ1) is 9.56. The van der Waals surface area contributed by atoms with Gasteiger partial charge in [-0.25, -0.2) is 9.97 Å². The van der Waals surface area contributed by atoms with Crippen LogP contribution in [-0.4, -0.2) is 16.0 Å². The summed E-state index contributed by atoms with van der Waals surface area (Å²) in [6, 6.07) is 10.8. The van der Waals surface area contributed by atoms with E-state index in [9.17, 15) is 0 Å². The molecule has 0 saturated heterocycles. The molecule has 2 aromatic rings. The van der Waals surface area contributed by atoms with Gasteiger partial charge >= 0.3 is 0 Å². The first-order valence-electron chi connectivity index (χ1n) is 7.16. The van der Waals surface area contributed by atoms with Gasteiger partial charge in [0.25, 0.3) is 0 Å². The predicted molar refractivity (Wildman–Crippen MR) is 82.7 cm³/mol. The molecule has 0 spiro atoms. The SMILES string of the molecule is Cc1nc(Cc2ccccc2)nc(C)c1CNC(C)C. The minimum Gasteiger partial charge on any atom is -0.310 e. The van der Waals surface area contributed by atoms with Crippen molar-refractivity contribution in [2.75, 3.05) is 0 Å². The van der Waals surface area contributed by atoms with E-state index in [0.717, 1.165) is 30.2 Å². The third kappa shape index (κ3) is 3.87. The van der Waals surface area contributed by atoms with Crippen LogP contribution in [0.5, 0.6) is 0 Å². The van der Waals surface area contributed by atoms with Crippen molar-refractivity contribution in [2.45, 2.75) is 46.7 Å². The molecule has 1 aromatic carbocycles. The molecule has 1 aromatic heterocycles. The Kier molecular flexibility index (Phi) is 4.85. The maximum Gasteiger partial charge on any atom is 0.133 e. The highest BCUT2D eigenvalue weighted by Gasteiger charge is 2.09. The summed E-state index contributed by atoms with van der Waals surface area (Å²) in [5.41, 5.74) is 4.63. The Labute approximate surface area is 121 Å². The van der Waals surface area contributed by atoms with E-state index in [0.29, 0.717) is 6.04 Å². The lowest BCUT2D eigenvalue weighted by Gasteiger charge is -2.13. The largest absolute Gasteiger partial charge is 0.310 e. The normalized spacial score (nSPS) is 11.1. The summed E-state index contributed by atoms with van der Waals surface area (Å²) in [5.74, 6) is 0.902. The lowest BCUT2D eigenvalue weighted by Crippen LogP contribution is -2.23. The van der Waals surface area contributed by atoms with Crippen molar-refractivity contribution in [3.05, 3.63) is 58.7 Å². The number of nitrogens with one attached hydrogen (secondary N) is 1. The van der Waals surface area contributed by atoms with Crippen molar-refractivity contribution in [3.8, 4) is 0 Å². The van der Waals surface area contributed by atoms with Gasteiger partial charge in [0.1, 0.15) is 5.82 Å².